The fourth-order valence-electron chi connectivity index (χ4n) is 2.65. The lowest BCUT2D eigenvalue weighted by molar-refractivity contribution is 0.0690. The van der Waals surface area contributed by atoms with E-state index >= 15 is 0 Å². The van der Waals surface area contributed by atoms with E-state index in [9.17, 15) is 4.79 Å². The molecular formula is C18H20N2O4. The predicted octanol–water partition coefficient (Wildman–Crippen LogP) is 2.96. The molecule has 0 bridgehead atoms. The highest BCUT2D eigenvalue weighted by Gasteiger charge is 2.30. The van der Waals surface area contributed by atoms with Gasteiger partial charge in [0.15, 0.2) is 5.69 Å². The molecule has 0 radical (unpaired) electrons. The lowest BCUT2D eigenvalue weighted by Gasteiger charge is -2.22. The van der Waals surface area contributed by atoms with E-state index in [4.69, 9.17) is 14.6 Å². The first-order valence-electron chi connectivity index (χ1n) is 7.84. The lowest BCUT2D eigenvalue weighted by Crippen LogP contribution is -2.25. The van der Waals surface area contributed by atoms with Gasteiger partial charge in [0, 0.05) is 17.6 Å². The van der Waals surface area contributed by atoms with E-state index in [0.717, 1.165) is 36.5 Å². The normalized spacial score (nSPS) is 20.1. The average molecular weight is 328 g/mol. The molecule has 1 aromatic carbocycles. The first-order valence-corrected chi connectivity index (χ1v) is 7.84. The Kier molecular flexibility index (Phi) is 4.49. The van der Waals surface area contributed by atoms with Gasteiger partial charge in [0.05, 0.1) is 31.3 Å². The summed E-state index contributed by atoms with van der Waals surface area (Å²) in [6.45, 7) is 6.25. The smallest absolute Gasteiger partial charge is 0.356 e. The summed E-state index contributed by atoms with van der Waals surface area (Å²) in [5.41, 5.74) is 2.30. The van der Waals surface area contributed by atoms with Gasteiger partial charge in [-0.3, -0.25) is 4.98 Å². The molecule has 0 amide bonds. The molecule has 3 rings (SSSR count). The molecule has 0 spiro atoms. The molecule has 1 N–H and O–H groups in total. The van der Waals surface area contributed by atoms with Crippen LogP contribution in [-0.2, 0) is 4.74 Å². The van der Waals surface area contributed by atoms with E-state index < -0.39 is 5.97 Å². The Morgan fingerprint density at radius 3 is 2.92 bits per heavy atom. The minimum atomic E-state index is -1.09. The zero-order valence-corrected chi connectivity index (χ0v) is 13.8. The molecule has 0 saturated carbocycles. The maximum atomic E-state index is 11.0. The summed E-state index contributed by atoms with van der Waals surface area (Å²) in [5, 5.41) is 9.02. The van der Waals surface area contributed by atoms with Crippen LogP contribution in [0.2, 0.25) is 0 Å². The van der Waals surface area contributed by atoms with Gasteiger partial charge in [0.2, 0.25) is 0 Å². The van der Waals surface area contributed by atoms with E-state index in [-0.39, 0.29) is 11.1 Å². The zero-order chi connectivity index (χ0) is 17.2. The maximum Gasteiger partial charge on any atom is 0.356 e. The first-order chi connectivity index (χ1) is 11.5. The van der Waals surface area contributed by atoms with Gasteiger partial charge in [-0.05, 0) is 37.1 Å². The van der Waals surface area contributed by atoms with Crippen LogP contribution < -0.4 is 4.74 Å². The second kappa shape index (κ2) is 6.57. The quantitative estimate of drug-likeness (QED) is 0.909. The highest BCUT2D eigenvalue weighted by atomic mass is 16.5. The number of carboxylic acids is 1. The third-order valence-corrected chi connectivity index (χ3v) is 4.20. The Hall–Kier alpha value is -2.47. The van der Waals surface area contributed by atoms with Gasteiger partial charge in [-0.15, -0.1) is 0 Å². The van der Waals surface area contributed by atoms with Gasteiger partial charge >= 0.3 is 5.97 Å². The lowest BCUT2D eigenvalue weighted by atomic mass is 9.91. The molecule has 1 saturated heterocycles. The highest BCUT2D eigenvalue weighted by Crippen LogP contribution is 2.31. The Morgan fingerprint density at radius 1 is 1.42 bits per heavy atom. The summed E-state index contributed by atoms with van der Waals surface area (Å²) in [7, 11) is 0. The minimum absolute atomic E-state index is 0.0619. The number of nitrogens with zero attached hydrogens (tertiary/aromatic N) is 2. The van der Waals surface area contributed by atoms with Crippen LogP contribution in [-0.4, -0.2) is 40.9 Å². The summed E-state index contributed by atoms with van der Waals surface area (Å²) in [4.78, 5) is 19.1. The number of aryl methyl sites for hydroxylation is 1. The standard InChI is InChI=1S/C18H20N2O4/c1-12-7-13(14-8-19-9-15(20-14)17(21)22)3-4-16(12)24-11-18(2)5-6-23-10-18/h3-4,7-9H,5-6,10-11H2,1-2H3,(H,21,22). The number of hydrogen-bond donors (Lipinski definition) is 1. The van der Waals surface area contributed by atoms with Crippen molar-refractivity contribution in [3.05, 3.63) is 41.9 Å². The fraction of sp³-hybridized carbons (Fsp3) is 0.389. The highest BCUT2D eigenvalue weighted by molar-refractivity contribution is 5.85. The summed E-state index contributed by atoms with van der Waals surface area (Å²) < 4.78 is 11.4. The van der Waals surface area contributed by atoms with Crippen LogP contribution in [0.1, 0.15) is 29.4 Å². The van der Waals surface area contributed by atoms with Crippen molar-refractivity contribution in [1.29, 1.82) is 0 Å². The summed E-state index contributed by atoms with van der Waals surface area (Å²) in [6.07, 6.45) is 3.79. The Labute approximate surface area is 140 Å². The van der Waals surface area contributed by atoms with Gasteiger partial charge in [0.1, 0.15) is 5.75 Å². The molecule has 1 unspecified atom stereocenters. The van der Waals surface area contributed by atoms with Gasteiger partial charge in [0.25, 0.3) is 0 Å². The van der Waals surface area contributed by atoms with Crippen LogP contribution in [0.5, 0.6) is 5.75 Å². The Balaban J connectivity index is 1.77. The molecule has 6 heteroatoms. The number of aromatic carboxylic acids is 1. The summed E-state index contributed by atoms with van der Waals surface area (Å²) in [5.74, 6) is -0.276. The number of hydrogen-bond acceptors (Lipinski definition) is 5. The molecule has 126 valence electrons. The third kappa shape index (κ3) is 3.54. The number of rotatable bonds is 5. The number of carbonyl (C=O) groups is 1. The van der Waals surface area contributed by atoms with Crippen LogP contribution in [0.25, 0.3) is 11.3 Å². The second-order valence-electron chi connectivity index (χ2n) is 6.48. The van der Waals surface area contributed by atoms with Crippen LogP contribution in [0, 0.1) is 12.3 Å². The van der Waals surface area contributed by atoms with Gasteiger partial charge in [-0.2, -0.15) is 0 Å². The van der Waals surface area contributed by atoms with E-state index in [1.807, 2.05) is 25.1 Å². The minimum Gasteiger partial charge on any atom is -0.493 e. The fourth-order valence-corrected chi connectivity index (χ4v) is 2.65. The van der Waals surface area contributed by atoms with Crippen LogP contribution in [0.3, 0.4) is 0 Å². The number of carboxylic acid groups (broad SMARTS) is 1. The van der Waals surface area contributed by atoms with Gasteiger partial charge in [-0.25, -0.2) is 9.78 Å². The Morgan fingerprint density at radius 2 is 2.25 bits per heavy atom. The molecule has 1 atom stereocenters. The van der Waals surface area contributed by atoms with Crippen molar-refractivity contribution in [2.24, 2.45) is 5.41 Å². The van der Waals surface area contributed by atoms with E-state index in [1.54, 1.807) is 6.20 Å². The molecule has 0 aliphatic carbocycles. The maximum absolute atomic E-state index is 11.0. The van der Waals surface area contributed by atoms with Crippen molar-refractivity contribution >= 4 is 5.97 Å². The molecule has 6 nitrogen and oxygen atoms in total. The number of benzene rings is 1. The van der Waals surface area contributed by atoms with Crippen LogP contribution in [0.4, 0.5) is 0 Å². The third-order valence-electron chi connectivity index (χ3n) is 4.20. The van der Waals surface area contributed by atoms with Crippen molar-refractivity contribution in [1.82, 2.24) is 9.97 Å². The summed E-state index contributed by atoms with van der Waals surface area (Å²) >= 11 is 0. The van der Waals surface area contributed by atoms with E-state index in [2.05, 4.69) is 16.9 Å². The van der Waals surface area contributed by atoms with Crippen molar-refractivity contribution in [3.63, 3.8) is 0 Å². The molecule has 1 aromatic heterocycles. The molecule has 1 fully saturated rings. The molecular weight excluding hydrogens is 308 g/mol. The van der Waals surface area contributed by atoms with Crippen molar-refractivity contribution in [2.75, 3.05) is 19.8 Å². The van der Waals surface area contributed by atoms with Gasteiger partial charge in [-0.1, -0.05) is 6.92 Å². The van der Waals surface area contributed by atoms with E-state index in [1.165, 1.54) is 6.20 Å². The molecule has 24 heavy (non-hydrogen) atoms. The first kappa shape index (κ1) is 16.4. The largest absolute Gasteiger partial charge is 0.493 e. The molecule has 2 aromatic rings. The SMILES string of the molecule is Cc1cc(-c2cncc(C(=O)O)n2)ccc1OCC1(C)CCOC1. The van der Waals surface area contributed by atoms with Gasteiger partial charge < -0.3 is 14.6 Å². The topological polar surface area (TPSA) is 81.5 Å². The monoisotopic (exact) mass is 328 g/mol. The second-order valence-corrected chi connectivity index (χ2v) is 6.48. The molecule has 2 heterocycles. The molecule has 1 aliphatic rings. The number of aromatic nitrogens is 2. The number of ether oxygens (including phenoxy) is 2. The molecule has 1 aliphatic heterocycles. The predicted molar refractivity (Wildman–Crippen MR) is 88.2 cm³/mol. The zero-order valence-electron chi connectivity index (χ0n) is 13.8. The summed E-state index contributed by atoms with van der Waals surface area (Å²) in [6, 6.07) is 5.68. The van der Waals surface area contributed by atoms with Crippen molar-refractivity contribution in [2.45, 2.75) is 20.3 Å². The average Bonchev–Trinajstić information content (AvgIpc) is 3.01. The van der Waals surface area contributed by atoms with Crippen LogP contribution >= 0.6 is 0 Å². The van der Waals surface area contributed by atoms with Crippen molar-refractivity contribution < 1.29 is 19.4 Å². The Bertz CT molecular complexity index is 754. The van der Waals surface area contributed by atoms with Crippen molar-refractivity contribution in [3.8, 4) is 17.0 Å². The van der Waals surface area contributed by atoms with E-state index in [0.29, 0.717) is 12.3 Å². The van der Waals surface area contributed by atoms with Crippen LogP contribution in [0.15, 0.2) is 30.6 Å².